The minimum Gasteiger partial charge on any atom is -0.325 e. The van der Waals surface area contributed by atoms with Gasteiger partial charge in [0.15, 0.2) is 9.84 Å². The van der Waals surface area contributed by atoms with Crippen molar-refractivity contribution in [3.05, 3.63) is 0 Å². The SMILES string of the molecule is CC1CCCC1(N)C1CCS(=O)(=O)C1. The predicted molar refractivity (Wildman–Crippen MR) is 56.7 cm³/mol. The van der Waals surface area contributed by atoms with Gasteiger partial charge in [0.1, 0.15) is 0 Å². The van der Waals surface area contributed by atoms with Crippen molar-refractivity contribution in [2.24, 2.45) is 17.6 Å². The van der Waals surface area contributed by atoms with E-state index in [0.717, 1.165) is 25.7 Å². The van der Waals surface area contributed by atoms with Gasteiger partial charge in [-0.25, -0.2) is 8.42 Å². The summed E-state index contributed by atoms with van der Waals surface area (Å²) < 4.78 is 22.8. The van der Waals surface area contributed by atoms with Crippen molar-refractivity contribution in [3.8, 4) is 0 Å². The Labute approximate surface area is 86.0 Å². The summed E-state index contributed by atoms with van der Waals surface area (Å²) in [6.45, 7) is 2.16. The van der Waals surface area contributed by atoms with Crippen LogP contribution in [0, 0.1) is 11.8 Å². The molecule has 2 rings (SSSR count). The average Bonchev–Trinajstić information content (AvgIpc) is 2.59. The highest BCUT2D eigenvalue weighted by molar-refractivity contribution is 7.91. The second kappa shape index (κ2) is 3.20. The summed E-state index contributed by atoms with van der Waals surface area (Å²) in [5, 5.41) is 0. The normalized spacial score (nSPS) is 47.0. The van der Waals surface area contributed by atoms with Gasteiger partial charge in [-0.05, 0) is 31.1 Å². The number of hydrogen-bond donors (Lipinski definition) is 1. The van der Waals surface area contributed by atoms with Crippen molar-refractivity contribution in [2.75, 3.05) is 11.5 Å². The van der Waals surface area contributed by atoms with Crippen LogP contribution in [0.15, 0.2) is 0 Å². The molecule has 3 nitrogen and oxygen atoms in total. The molecule has 3 atom stereocenters. The number of hydrogen-bond acceptors (Lipinski definition) is 3. The fourth-order valence-electron chi connectivity index (χ4n) is 3.05. The first kappa shape index (κ1) is 10.4. The van der Waals surface area contributed by atoms with Gasteiger partial charge < -0.3 is 5.73 Å². The lowest BCUT2D eigenvalue weighted by atomic mass is 9.77. The van der Waals surface area contributed by atoms with E-state index < -0.39 is 9.84 Å². The van der Waals surface area contributed by atoms with Crippen LogP contribution in [0.2, 0.25) is 0 Å². The summed E-state index contributed by atoms with van der Waals surface area (Å²) >= 11 is 0. The van der Waals surface area contributed by atoms with E-state index in [4.69, 9.17) is 5.73 Å². The van der Waals surface area contributed by atoms with Gasteiger partial charge in [0.25, 0.3) is 0 Å². The summed E-state index contributed by atoms with van der Waals surface area (Å²) in [6, 6.07) is 0. The van der Waals surface area contributed by atoms with Crippen molar-refractivity contribution in [3.63, 3.8) is 0 Å². The van der Waals surface area contributed by atoms with Crippen LogP contribution in [0.1, 0.15) is 32.6 Å². The molecule has 0 bridgehead atoms. The Hall–Kier alpha value is -0.0900. The summed E-state index contributed by atoms with van der Waals surface area (Å²) in [5.41, 5.74) is 6.17. The van der Waals surface area contributed by atoms with Crippen molar-refractivity contribution in [1.29, 1.82) is 0 Å². The van der Waals surface area contributed by atoms with Crippen LogP contribution >= 0.6 is 0 Å². The van der Waals surface area contributed by atoms with Gasteiger partial charge >= 0.3 is 0 Å². The lowest BCUT2D eigenvalue weighted by Gasteiger charge is -2.34. The van der Waals surface area contributed by atoms with Gasteiger partial charge in [0.2, 0.25) is 0 Å². The highest BCUT2D eigenvalue weighted by Gasteiger charge is 2.47. The van der Waals surface area contributed by atoms with E-state index in [2.05, 4.69) is 6.92 Å². The van der Waals surface area contributed by atoms with Gasteiger partial charge in [0, 0.05) is 5.54 Å². The van der Waals surface area contributed by atoms with E-state index >= 15 is 0 Å². The molecular weight excluding hydrogens is 198 g/mol. The van der Waals surface area contributed by atoms with Crippen molar-refractivity contribution in [1.82, 2.24) is 0 Å². The van der Waals surface area contributed by atoms with Crippen LogP contribution in [0.25, 0.3) is 0 Å². The Kier molecular flexibility index (Phi) is 2.39. The largest absolute Gasteiger partial charge is 0.325 e. The molecule has 82 valence electrons. The maximum absolute atomic E-state index is 11.4. The molecule has 4 heteroatoms. The molecule has 1 saturated carbocycles. The molecule has 3 unspecified atom stereocenters. The quantitative estimate of drug-likeness (QED) is 0.711. The average molecular weight is 217 g/mol. The second-order valence-corrected chi connectivity index (χ2v) is 7.23. The van der Waals surface area contributed by atoms with E-state index in [1.165, 1.54) is 0 Å². The van der Waals surface area contributed by atoms with Crippen molar-refractivity contribution in [2.45, 2.75) is 38.1 Å². The van der Waals surface area contributed by atoms with Crippen LogP contribution in [0.4, 0.5) is 0 Å². The molecule has 1 aliphatic carbocycles. The number of rotatable bonds is 1. The maximum Gasteiger partial charge on any atom is 0.150 e. The lowest BCUT2D eigenvalue weighted by molar-refractivity contribution is 0.236. The van der Waals surface area contributed by atoms with Crippen molar-refractivity contribution < 1.29 is 8.42 Å². The zero-order valence-electron chi connectivity index (χ0n) is 8.70. The molecule has 0 amide bonds. The topological polar surface area (TPSA) is 60.2 Å². The maximum atomic E-state index is 11.4. The molecule has 1 saturated heterocycles. The summed E-state index contributed by atoms with van der Waals surface area (Å²) in [6.07, 6.45) is 4.11. The van der Waals surface area contributed by atoms with E-state index in [1.54, 1.807) is 0 Å². The van der Waals surface area contributed by atoms with E-state index in [0.29, 0.717) is 17.4 Å². The standard InChI is InChI=1S/C10H19NO2S/c1-8-3-2-5-10(8,11)9-4-6-14(12,13)7-9/h8-9H,2-7,11H2,1H3. The summed E-state index contributed by atoms with van der Waals surface area (Å²) in [7, 11) is -2.77. The lowest BCUT2D eigenvalue weighted by Crippen LogP contribution is -2.49. The zero-order valence-corrected chi connectivity index (χ0v) is 9.52. The predicted octanol–water partition coefficient (Wildman–Crippen LogP) is 0.939. The number of nitrogens with two attached hydrogens (primary N) is 1. The molecule has 0 aromatic rings. The van der Waals surface area contributed by atoms with Crippen LogP contribution < -0.4 is 5.73 Å². The molecular formula is C10H19NO2S. The third-order valence-electron chi connectivity index (χ3n) is 4.16. The highest BCUT2D eigenvalue weighted by atomic mass is 32.2. The third-order valence-corrected chi connectivity index (χ3v) is 5.92. The number of sulfone groups is 1. The fourth-order valence-corrected chi connectivity index (χ4v) is 4.96. The summed E-state index contributed by atoms with van der Waals surface area (Å²) in [4.78, 5) is 0. The Morgan fingerprint density at radius 1 is 1.36 bits per heavy atom. The highest BCUT2D eigenvalue weighted by Crippen LogP contribution is 2.42. The Morgan fingerprint density at radius 3 is 2.50 bits per heavy atom. The first-order valence-corrected chi connectivity index (χ1v) is 7.25. The molecule has 2 fully saturated rings. The van der Waals surface area contributed by atoms with E-state index in [9.17, 15) is 8.42 Å². The molecule has 1 aliphatic heterocycles. The van der Waals surface area contributed by atoms with Crippen LogP contribution in [0.3, 0.4) is 0 Å². The first-order chi connectivity index (χ1) is 6.44. The van der Waals surface area contributed by atoms with Gasteiger partial charge in [-0.2, -0.15) is 0 Å². The van der Waals surface area contributed by atoms with Crippen LogP contribution in [0.5, 0.6) is 0 Å². The first-order valence-electron chi connectivity index (χ1n) is 5.43. The minimum atomic E-state index is -2.77. The van der Waals surface area contributed by atoms with Gasteiger partial charge in [-0.1, -0.05) is 13.3 Å². The minimum absolute atomic E-state index is 0.191. The Bertz CT molecular complexity index is 325. The van der Waals surface area contributed by atoms with E-state index in [-0.39, 0.29) is 11.5 Å². The van der Waals surface area contributed by atoms with Gasteiger partial charge in [-0.3, -0.25) is 0 Å². The molecule has 2 N–H and O–H groups in total. The molecule has 0 radical (unpaired) electrons. The Balaban J connectivity index is 2.16. The fraction of sp³-hybridized carbons (Fsp3) is 1.00. The molecule has 2 aliphatic rings. The van der Waals surface area contributed by atoms with E-state index in [1.807, 2.05) is 0 Å². The van der Waals surface area contributed by atoms with Crippen LogP contribution in [-0.2, 0) is 9.84 Å². The summed E-state index contributed by atoms with van der Waals surface area (Å²) in [5.74, 6) is 1.38. The van der Waals surface area contributed by atoms with Crippen LogP contribution in [-0.4, -0.2) is 25.5 Å². The third kappa shape index (κ3) is 1.58. The van der Waals surface area contributed by atoms with Crippen molar-refractivity contribution >= 4 is 9.84 Å². The molecule has 1 heterocycles. The molecule has 0 spiro atoms. The smallest absolute Gasteiger partial charge is 0.150 e. The second-order valence-electron chi connectivity index (χ2n) is 5.01. The van der Waals surface area contributed by atoms with Gasteiger partial charge in [-0.15, -0.1) is 0 Å². The zero-order chi connectivity index (χ0) is 10.4. The van der Waals surface area contributed by atoms with Gasteiger partial charge in [0.05, 0.1) is 11.5 Å². The molecule has 0 aromatic heterocycles. The monoisotopic (exact) mass is 217 g/mol. The molecule has 0 aromatic carbocycles. The Morgan fingerprint density at radius 2 is 2.07 bits per heavy atom. The molecule has 14 heavy (non-hydrogen) atoms.